The van der Waals surface area contributed by atoms with E-state index in [9.17, 15) is 19.1 Å². The number of pyridine rings is 2. The smallest absolute Gasteiger partial charge is 0.309 e. The van der Waals surface area contributed by atoms with E-state index < -0.39 is 11.6 Å². The fourth-order valence-corrected chi connectivity index (χ4v) is 6.11. The minimum atomic E-state index is -1.49. The van der Waals surface area contributed by atoms with Crippen LogP contribution < -0.4 is 5.56 Å². The number of cyclic esters (lactones) is 1. The summed E-state index contributed by atoms with van der Waals surface area (Å²) in [5.74, 6) is -0.137. The van der Waals surface area contributed by atoms with Crippen LogP contribution in [0.4, 0.5) is 4.39 Å². The average molecular weight is 506 g/mol. The number of ether oxygens (including phenoxy) is 1. The zero-order valence-electron chi connectivity index (χ0n) is 21.6. The molecule has 1 atom stereocenters. The first-order valence-corrected chi connectivity index (χ1v) is 13.2. The molecule has 0 saturated carbocycles. The van der Waals surface area contributed by atoms with Crippen molar-refractivity contribution in [2.75, 3.05) is 13.1 Å². The van der Waals surface area contributed by atoms with Crippen molar-refractivity contribution in [3.63, 3.8) is 0 Å². The third-order valence-corrected chi connectivity index (χ3v) is 8.60. The Kier molecular flexibility index (Phi) is 5.73. The highest BCUT2D eigenvalue weighted by molar-refractivity contribution is 5.88. The molecule has 0 aliphatic carbocycles. The maximum absolute atomic E-state index is 14.7. The fraction of sp³-hybridized carbons (Fsp3) is 0.483. The Balaban J connectivity index is 1.56. The lowest BCUT2D eigenvalue weighted by molar-refractivity contribution is -0.149. The highest BCUT2D eigenvalue weighted by Crippen LogP contribution is 2.41. The van der Waals surface area contributed by atoms with Gasteiger partial charge in [-0.15, -0.1) is 0 Å². The van der Waals surface area contributed by atoms with Crippen molar-refractivity contribution in [1.82, 2.24) is 14.5 Å². The van der Waals surface area contributed by atoms with Gasteiger partial charge in [-0.1, -0.05) is 13.8 Å². The number of carbonyl (C=O) groups is 1. The van der Waals surface area contributed by atoms with Crippen LogP contribution in [0, 0.1) is 18.7 Å². The quantitative estimate of drug-likeness (QED) is 0.421. The number of fused-ring (bicyclic) bond motifs is 5. The summed E-state index contributed by atoms with van der Waals surface area (Å²) in [5, 5.41) is 12.3. The average Bonchev–Trinajstić information content (AvgIpc) is 3.17. The Bertz CT molecular complexity index is 1510. The molecule has 3 aliphatic rings. The van der Waals surface area contributed by atoms with E-state index >= 15 is 0 Å². The van der Waals surface area contributed by atoms with Crippen LogP contribution in [0.2, 0.25) is 0 Å². The molecule has 1 saturated heterocycles. The molecule has 37 heavy (non-hydrogen) atoms. The van der Waals surface area contributed by atoms with Crippen molar-refractivity contribution in [3.8, 4) is 11.4 Å². The van der Waals surface area contributed by atoms with E-state index in [4.69, 9.17) is 9.72 Å². The predicted octanol–water partition coefficient (Wildman–Crippen LogP) is 4.15. The molecule has 0 unspecified atom stereocenters. The van der Waals surface area contributed by atoms with E-state index in [1.807, 2.05) is 6.07 Å². The van der Waals surface area contributed by atoms with E-state index in [1.165, 1.54) is 6.07 Å². The number of hydrogen-bond donors (Lipinski definition) is 1. The Labute approximate surface area is 214 Å². The standard InChI is InChI=1S/C29H32FN3O4/c1-4-29(36)12-26(34)37-15-21-22(29)10-25-27-20(14-33(25)28(21)35)19(13-32-7-5-16(2)6-8-32)18-9-17(3)23(30)11-24(18)31-27/h9-11,16,36H,4-8,12-15H2,1-3H3/t29-/m1/s1. The number of piperidine rings is 1. The van der Waals surface area contributed by atoms with Crippen molar-refractivity contribution < 1.29 is 19.0 Å². The van der Waals surface area contributed by atoms with Gasteiger partial charge in [0.25, 0.3) is 5.56 Å². The summed E-state index contributed by atoms with van der Waals surface area (Å²) < 4.78 is 21.6. The van der Waals surface area contributed by atoms with Crippen molar-refractivity contribution in [2.45, 2.75) is 71.8 Å². The molecule has 0 spiro atoms. The van der Waals surface area contributed by atoms with E-state index in [2.05, 4.69) is 11.8 Å². The van der Waals surface area contributed by atoms with Gasteiger partial charge in [0.15, 0.2) is 0 Å². The summed E-state index contributed by atoms with van der Waals surface area (Å²) in [4.78, 5) is 33.2. The van der Waals surface area contributed by atoms with Gasteiger partial charge in [-0.05, 0) is 74.0 Å². The van der Waals surface area contributed by atoms with Crippen LogP contribution >= 0.6 is 0 Å². The molecule has 1 fully saturated rings. The third-order valence-electron chi connectivity index (χ3n) is 8.60. The summed E-state index contributed by atoms with van der Waals surface area (Å²) in [7, 11) is 0. The van der Waals surface area contributed by atoms with Crippen LogP contribution in [-0.2, 0) is 34.8 Å². The molecule has 8 heteroatoms. The lowest BCUT2D eigenvalue weighted by Crippen LogP contribution is -2.33. The van der Waals surface area contributed by atoms with Gasteiger partial charge in [0.2, 0.25) is 0 Å². The number of rotatable bonds is 3. The van der Waals surface area contributed by atoms with Gasteiger partial charge >= 0.3 is 5.97 Å². The number of hydrogen-bond acceptors (Lipinski definition) is 6. The highest BCUT2D eigenvalue weighted by atomic mass is 19.1. The molecule has 0 bridgehead atoms. The summed E-state index contributed by atoms with van der Waals surface area (Å²) in [6.45, 7) is 8.71. The van der Waals surface area contributed by atoms with Crippen molar-refractivity contribution in [2.24, 2.45) is 5.92 Å². The number of benzene rings is 1. The summed E-state index contributed by atoms with van der Waals surface area (Å²) in [6.07, 6.45) is 2.33. The normalized spacial score (nSPS) is 21.9. The minimum absolute atomic E-state index is 0.162. The molecule has 1 N–H and O–H groups in total. The minimum Gasteiger partial charge on any atom is -0.460 e. The van der Waals surface area contributed by atoms with Crippen LogP contribution in [0.1, 0.15) is 67.3 Å². The fourth-order valence-electron chi connectivity index (χ4n) is 6.11. The molecule has 0 radical (unpaired) electrons. The summed E-state index contributed by atoms with van der Waals surface area (Å²) >= 11 is 0. The SMILES string of the molecule is CC[C@@]1(O)CC(=O)OCc2c1cc1n(c2=O)Cc2c-1nc1cc(F)c(C)cc1c2CN1CCC(C)CC1. The van der Waals surface area contributed by atoms with Crippen LogP contribution in [0.3, 0.4) is 0 Å². The highest BCUT2D eigenvalue weighted by Gasteiger charge is 2.40. The molecule has 1 aromatic carbocycles. The molecule has 6 rings (SSSR count). The number of aromatic nitrogens is 2. The first-order valence-electron chi connectivity index (χ1n) is 13.2. The largest absolute Gasteiger partial charge is 0.460 e. The first-order chi connectivity index (χ1) is 17.7. The molecule has 2 aromatic heterocycles. The lowest BCUT2D eigenvalue weighted by Gasteiger charge is -2.31. The van der Waals surface area contributed by atoms with Crippen LogP contribution in [0.5, 0.6) is 0 Å². The van der Waals surface area contributed by atoms with Gasteiger partial charge in [-0.25, -0.2) is 9.37 Å². The zero-order valence-corrected chi connectivity index (χ0v) is 21.6. The number of aliphatic hydroxyl groups is 1. The van der Waals surface area contributed by atoms with Gasteiger partial charge in [0, 0.05) is 23.6 Å². The Morgan fingerprint density at radius 2 is 1.95 bits per heavy atom. The maximum Gasteiger partial charge on any atom is 0.309 e. The van der Waals surface area contributed by atoms with E-state index in [-0.39, 0.29) is 30.8 Å². The van der Waals surface area contributed by atoms with E-state index in [1.54, 1.807) is 24.5 Å². The van der Waals surface area contributed by atoms with E-state index in [0.29, 0.717) is 52.6 Å². The summed E-state index contributed by atoms with van der Waals surface area (Å²) in [5.41, 5.74) is 3.36. The third kappa shape index (κ3) is 3.89. The van der Waals surface area contributed by atoms with Gasteiger partial charge in [-0.3, -0.25) is 14.5 Å². The van der Waals surface area contributed by atoms with Gasteiger partial charge < -0.3 is 14.4 Å². The maximum atomic E-state index is 14.7. The predicted molar refractivity (Wildman–Crippen MR) is 138 cm³/mol. The Morgan fingerprint density at radius 1 is 1.19 bits per heavy atom. The number of carbonyl (C=O) groups excluding carboxylic acids is 1. The number of esters is 1. The Morgan fingerprint density at radius 3 is 2.68 bits per heavy atom. The second-order valence-electron chi connectivity index (χ2n) is 11.0. The molecule has 5 heterocycles. The van der Waals surface area contributed by atoms with Gasteiger partial charge in [0.05, 0.1) is 35.4 Å². The van der Waals surface area contributed by atoms with Crippen LogP contribution in [-0.4, -0.2) is 38.6 Å². The van der Waals surface area contributed by atoms with Crippen molar-refractivity contribution in [1.29, 1.82) is 0 Å². The second-order valence-corrected chi connectivity index (χ2v) is 11.0. The lowest BCUT2D eigenvalue weighted by atomic mass is 9.85. The monoisotopic (exact) mass is 505 g/mol. The van der Waals surface area contributed by atoms with Crippen molar-refractivity contribution in [3.05, 3.63) is 62.2 Å². The molecular weight excluding hydrogens is 473 g/mol. The molecule has 3 aromatic rings. The molecule has 7 nitrogen and oxygen atoms in total. The number of likely N-dealkylation sites (tertiary alicyclic amines) is 1. The molecular formula is C29H32FN3O4. The number of halogens is 1. The van der Waals surface area contributed by atoms with Crippen LogP contribution in [0.15, 0.2) is 23.0 Å². The van der Waals surface area contributed by atoms with Crippen molar-refractivity contribution >= 4 is 16.9 Å². The van der Waals surface area contributed by atoms with Gasteiger partial charge in [-0.2, -0.15) is 0 Å². The Hall–Kier alpha value is -3.10. The molecule has 194 valence electrons. The van der Waals surface area contributed by atoms with E-state index in [0.717, 1.165) is 42.4 Å². The molecule has 0 amide bonds. The topological polar surface area (TPSA) is 84.7 Å². The van der Waals surface area contributed by atoms with Gasteiger partial charge in [0.1, 0.15) is 18.0 Å². The second kappa shape index (κ2) is 8.74. The summed E-state index contributed by atoms with van der Waals surface area (Å²) in [6, 6.07) is 5.14. The number of nitrogens with zero attached hydrogens (tertiary/aromatic N) is 3. The first kappa shape index (κ1) is 24.2. The number of aryl methyl sites for hydroxylation is 1. The van der Waals surface area contributed by atoms with Crippen LogP contribution in [0.25, 0.3) is 22.3 Å². The molecule has 3 aliphatic heterocycles. The zero-order chi connectivity index (χ0) is 26.1.